The van der Waals surface area contributed by atoms with Crippen LogP contribution in [-0.4, -0.2) is 6.54 Å². The van der Waals surface area contributed by atoms with Crippen molar-refractivity contribution in [3.05, 3.63) is 23.8 Å². The van der Waals surface area contributed by atoms with Crippen LogP contribution in [0.1, 0.15) is 38.2 Å². The lowest BCUT2D eigenvalue weighted by atomic mass is 10.1. The van der Waals surface area contributed by atoms with E-state index < -0.39 is 11.7 Å². The van der Waals surface area contributed by atoms with E-state index in [0.717, 1.165) is 31.7 Å². The molecule has 5 heteroatoms. The van der Waals surface area contributed by atoms with Crippen LogP contribution in [0.5, 0.6) is 0 Å². The Morgan fingerprint density at radius 3 is 2.50 bits per heavy atom. The van der Waals surface area contributed by atoms with Gasteiger partial charge in [0.25, 0.3) is 0 Å². The van der Waals surface area contributed by atoms with E-state index in [9.17, 15) is 13.2 Å². The summed E-state index contributed by atoms with van der Waals surface area (Å²) in [4.78, 5) is 0. The van der Waals surface area contributed by atoms with E-state index in [2.05, 4.69) is 12.2 Å². The van der Waals surface area contributed by atoms with E-state index in [0.29, 0.717) is 6.54 Å². The zero-order valence-electron chi connectivity index (χ0n) is 10.5. The summed E-state index contributed by atoms with van der Waals surface area (Å²) < 4.78 is 38.3. The number of rotatable bonds is 6. The third kappa shape index (κ3) is 4.47. The zero-order valence-corrected chi connectivity index (χ0v) is 10.5. The van der Waals surface area contributed by atoms with Gasteiger partial charge < -0.3 is 11.1 Å². The summed E-state index contributed by atoms with van der Waals surface area (Å²) in [5.41, 5.74) is 4.92. The number of unbranched alkanes of at least 4 members (excludes halogenated alkanes) is 3. The molecular formula is C13H19F3N2. The Kier molecular flexibility index (Phi) is 5.31. The first-order chi connectivity index (χ1) is 8.45. The highest BCUT2D eigenvalue weighted by Gasteiger charge is 2.33. The fourth-order valence-electron chi connectivity index (χ4n) is 1.73. The van der Waals surface area contributed by atoms with Crippen LogP contribution in [0.15, 0.2) is 18.2 Å². The predicted octanol–water partition coefficient (Wildman–Crippen LogP) is 4.28. The van der Waals surface area contributed by atoms with Gasteiger partial charge in [0.05, 0.1) is 5.56 Å². The molecule has 18 heavy (non-hydrogen) atoms. The minimum atomic E-state index is -4.37. The molecule has 0 unspecified atom stereocenters. The SMILES string of the molecule is CCCCCCNc1ccc(N)cc1C(F)(F)F. The van der Waals surface area contributed by atoms with E-state index in [-0.39, 0.29) is 11.4 Å². The highest BCUT2D eigenvalue weighted by atomic mass is 19.4. The van der Waals surface area contributed by atoms with Crippen LogP contribution >= 0.6 is 0 Å². The van der Waals surface area contributed by atoms with Crippen molar-refractivity contribution in [3.63, 3.8) is 0 Å². The van der Waals surface area contributed by atoms with Crippen molar-refractivity contribution in [1.82, 2.24) is 0 Å². The molecule has 0 radical (unpaired) electrons. The maximum atomic E-state index is 12.8. The Hall–Kier alpha value is -1.39. The molecule has 0 amide bonds. The van der Waals surface area contributed by atoms with E-state index in [1.807, 2.05) is 0 Å². The van der Waals surface area contributed by atoms with Gasteiger partial charge in [-0.3, -0.25) is 0 Å². The largest absolute Gasteiger partial charge is 0.418 e. The molecule has 0 aromatic heterocycles. The molecule has 0 aliphatic carbocycles. The first-order valence-corrected chi connectivity index (χ1v) is 6.15. The highest BCUT2D eigenvalue weighted by Crippen LogP contribution is 2.36. The molecule has 0 heterocycles. The van der Waals surface area contributed by atoms with Crippen LogP contribution in [0, 0.1) is 0 Å². The fraction of sp³-hybridized carbons (Fsp3) is 0.538. The van der Waals surface area contributed by atoms with Gasteiger partial charge >= 0.3 is 6.18 Å². The van der Waals surface area contributed by atoms with Gasteiger partial charge in [-0.05, 0) is 24.6 Å². The number of nitrogens with two attached hydrogens (primary N) is 1. The molecule has 0 aliphatic heterocycles. The van der Waals surface area contributed by atoms with Crippen LogP contribution in [0.25, 0.3) is 0 Å². The van der Waals surface area contributed by atoms with E-state index in [1.165, 1.54) is 12.1 Å². The van der Waals surface area contributed by atoms with Gasteiger partial charge in [0.15, 0.2) is 0 Å². The van der Waals surface area contributed by atoms with Crippen LogP contribution in [0.2, 0.25) is 0 Å². The number of hydrogen-bond acceptors (Lipinski definition) is 2. The normalized spacial score (nSPS) is 11.6. The van der Waals surface area contributed by atoms with Gasteiger partial charge in [-0.25, -0.2) is 0 Å². The van der Waals surface area contributed by atoms with Crippen molar-refractivity contribution in [2.24, 2.45) is 0 Å². The second kappa shape index (κ2) is 6.52. The standard InChI is InChI=1S/C13H19F3N2/c1-2-3-4-5-8-18-12-7-6-10(17)9-11(12)13(14,15)16/h6-7,9,18H,2-5,8,17H2,1H3. The summed E-state index contributed by atoms with van der Waals surface area (Å²) in [6.07, 6.45) is -0.262. The summed E-state index contributed by atoms with van der Waals surface area (Å²) >= 11 is 0. The Morgan fingerprint density at radius 1 is 1.17 bits per heavy atom. The molecule has 0 saturated carbocycles. The molecule has 1 aromatic rings. The van der Waals surface area contributed by atoms with Crippen molar-refractivity contribution >= 4 is 11.4 Å². The second-order valence-electron chi connectivity index (χ2n) is 4.29. The molecule has 2 nitrogen and oxygen atoms in total. The molecule has 0 spiro atoms. The quantitative estimate of drug-likeness (QED) is 0.591. The van der Waals surface area contributed by atoms with Crippen molar-refractivity contribution in [3.8, 4) is 0 Å². The summed E-state index contributed by atoms with van der Waals surface area (Å²) in [6, 6.07) is 3.83. The van der Waals surface area contributed by atoms with Crippen LogP contribution in [-0.2, 0) is 6.18 Å². The monoisotopic (exact) mass is 260 g/mol. The van der Waals surface area contributed by atoms with E-state index in [4.69, 9.17) is 5.73 Å². The third-order valence-electron chi connectivity index (χ3n) is 2.69. The van der Waals surface area contributed by atoms with E-state index >= 15 is 0 Å². The average Bonchev–Trinajstić information content (AvgIpc) is 2.29. The Labute approximate surface area is 105 Å². The Morgan fingerprint density at radius 2 is 1.89 bits per heavy atom. The highest BCUT2D eigenvalue weighted by molar-refractivity contribution is 5.59. The molecular weight excluding hydrogens is 241 g/mol. The van der Waals surface area contributed by atoms with Crippen molar-refractivity contribution in [1.29, 1.82) is 0 Å². The van der Waals surface area contributed by atoms with Crippen LogP contribution in [0.3, 0.4) is 0 Å². The lowest BCUT2D eigenvalue weighted by molar-refractivity contribution is -0.136. The van der Waals surface area contributed by atoms with Crippen molar-refractivity contribution in [2.75, 3.05) is 17.6 Å². The molecule has 1 rings (SSSR count). The van der Waals surface area contributed by atoms with Crippen LogP contribution < -0.4 is 11.1 Å². The number of benzene rings is 1. The second-order valence-corrected chi connectivity index (χ2v) is 4.29. The summed E-state index contributed by atoms with van der Waals surface area (Å²) in [6.45, 7) is 2.64. The summed E-state index contributed by atoms with van der Waals surface area (Å²) in [5.74, 6) is 0. The Bertz CT molecular complexity index is 375. The molecule has 0 bridgehead atoms. The molecule has 0 fully saturated rings. The number of anilines is 2. The number of alkyl halides is 3. The van der Waals surface area contributed by atoms with Gasteiger partial charge in [0.1, 0.15) is 0 Å². The maximum Gasteiger partial charge on any atom is 0.418 e. The fourth-order valence-corrected chi connectivity index (χ4v) is 1.73. The lowest BCUT2D eigenvalue weighted by Gasteiger charge is -2.15. The third-order valence-corrected chi connectivity index (χ3v) is 2.69. The molecule has 0 saturated heterocycles. The number of hydrogen-bond donors (Lipinski definition) is 2. The average molecular weight is 260 g/mol. The molecule has 3 N–H and O–H groups in total. The number of halogens is 3. The maximum absolute atomic E-state index is 12.8. The van der Waals surface area contributed by atoms with Crippen LogP contribution in [0.4, 0.5) is 24.5 Å². The first-order valence-electron chi connectivity index (χ1n) is 6.15. The number of nitrogens with one attached hydrogen (secondary N) is 1. The summed E-state index contributed by atoms with van der Waals surface area (Å²) in [7, 11) is 0. The molecule has 102 valence electrons. The smallest absolute Gasteiger partial charge is 0.399 e. The topological polar surface area (TPSA) is 38.0 Å². The molecule has 0 aliphatic rings. The van der Waals surface area contributed by atoms with Gasteiger partial charge in [-0.2, -0.15) is 13.2 Å². The Balaban J connectivity index is 2.65. The molecule has 1 aromatic carbocycles. The van der Waals surface area contributed by atoms with Crippen molar-refractivity contribution in [2.45, 2.75) is 38.8 Å². The first kappa shape index (κ1) is 14.7. The zero-order chi connectivity index (χ0) is 13.6. The predicted molar refractivity (Wildman–Crippen MR) is 68.5 cm³/mol. The lowest BCUT2D eigenvalue weighted by Crippen LogP contribution is -2.12. The molecule has 0 atom stereocenters. The van der Waals surface area contributed by atoms with Crippen molar-refractivity contribution < 1.29 is 13.2 Å². The van der Waals surface area contributed by atoms with Gasteiger partial charge in [0.2, 0.25) is 0 Å². The minimum absolute atomic E-state index is 0.105. The number of nitrogen functional groups attached to an aromatic ring is 1. The summed E-state index contributed by atoms with van der Waals surface area (Å²) in [5, 5.41) is 2.83. The van der Waals surface area contributed by atoms with Gasteiger partial charge in [-0.15, -0.1) is 0 Å². The minimum Gasteiger partial charge on any atom is -0.399 e. The van der Waals surface area contributed by atoms with E-state index in [1.54, 1.807) is 0 Å². The van der Waals surface area contributed by atoms with Gasteiger partial charge in [-0.1, -0.05) is 26.2 Å². The van der Waals surface area contributed by atoms with Gasteiger partial charge in [0, 0.05) is 17.9 Å².